The second-order valence-electron chi connectivity index (χ2n) is 5.92. The smallest absolute Gasteiger partial charge is 0.303 e. The molecule has 0 rings (SSSR count). The van der Waals surface area contributed by atoms with Gasteiger partial charge < -0.3 is 20.4 Å². The van der Waals surface area contributed by atoms with Gasteiger partial charge in [-0.1, -0.05) is 48.6 Å². The van der Waals surface area contributed by atoms with Gasteiger partial charge in [-0.25, -0.2) is 0 Å². The quantitative estimate of drug-likeness (QED) is 0.201. The number of rotatable bonds is 15. The van der Waals surface area contributed by atoms with E-state index >= 15 is 0 Å². The zero-order valence-electron chi connectivity index (χ0n) is 15.0. The number of allylic oxidation sites excluding steroid dienone is 5. The van der Waals surface area contributed by atoms with E-state index in [1.54, 1.807) is 36.5 Å². The summed E-state index contributed by atoms with van der Waals surface area (Å²) < 4.78 is 0. The van der Waals surface area contributed by atoms with Gasteiger partial charge in [-0.3, -0.25) is 9.59 Å². The minimum atomic E-state index is -0.863. The molecule has 0 heterocycles. The lowest BCUT2D eigenvalue weighted by atomic mass is 10.1. The number of hydrogen-bond donors (Lipinski definition) is 4. The summed E-state index contributed by atoms with van der Waals surface area (Å²) in [6.07, 6.45) is 16.6. The first-order valence-corrected chi connectivity index (χ1v) is 8.88. The van der Waals surface area contributed by atoms with Gasteiger partial charge in [0.05, 0.1) is 12.2 Å². The van der Waals surface area contributed by atoms with Crippen molar-refractivity contribution in [2.45, 2.75) is 63.6 Å². The van der Waals surface area contributed by atoms with Crippen LogP contribution in [0, 0.1) is 0 Å². The zero-order valence-corrected chi connectivity index (χ0v) is 15.0. The molecule has 2 atom stereocenters. The average molecular weight is 366 g/mol. The fourth-order valence-corrected chi connectivity index (χ4v) is 2.04. The van der Waals surface area contributed by atoms with Crippen LogP contribution in [0.15, 0.2) is 48.6 Å². The molecule has 0 saturated carbocycles. The Kier molecular flexibility index (Phi) is 14.9. The van der Waals surface area contributed by atoms with E-state index in [0.717, 1.165) is 12.8 Å². The maximum Gasteiger partial charge on any atom is 0.303 e. The van der Waals surface area contributed by atoms with Crippen molar-refractivity contribution < 1.29 is 30.0 Å². The maximum atomic E-state index is 10.4. The molecule has 0 bridgehead atoms. The van der Waals surface area contributed by atoms with Gasteiger partial charge >= 0.3 is 11.9 Å². The number of hydrogen-bond acceptors (Lipinski definition) is 4. The largest absolute Gasteiger partial charge is 0.481 e. The Morgan fingerprint density at radius 2 is 1.31 bits per heavy atom. The summed E-state index contributed by atoms with van der Waals surface area (Å²) >= 11 is 0. The summed E-state index contributed by atoms with van der Waals surface area (Å²) in [6.45, 7) is 0. The minimum absolute atomic E-state index is 0.0537. The first-order chi connectivity index (χ1) is 12.4. The van der Waals surface area contributed by atoms with Gasteiger partial charge in [-0.2, -0.15) is 0 Å². The predicted molar refractivity (Wildman–Crippen MR) is 101 cm³/mol. The average Bonchev–Trinajstić information content (AvgIpc) is 2.56. The normalized spacial score (nSPS) is 14.7. The molecule has 0 aliphatic heterocycles. The van der Waals surface area contributed by atoms with Crippen LogP contribution >= 0.6 is 0 Å². The second-order valence-corrected chi connectivity index (χ2v) is 5.92. The molecule has 0 amide bonds. The van der Waals surface area contributed by atoms with E-state index in [9.17, 15) is 19.8 Å². The molecule has 0 aliphatic rings. The summed E-state index contributed by atoms with van der Waals surface area (Å²) in [7, 11) is 0. The van der Waals surface area contributed by atoms with Crippen LogP contribution < -0.4 is 0 Å². The third-order valence-corrected chi connectivity index (χ3v) is 3.45. The lowest BCUT2D eigenvalue weighted by Crippen LogP contribution is -2.03. The Labute approximate surface area is 154 Å². The molecular weight excluding hydrogens is 336 g/mol. The highest BCUT2D eigenvalue weighted by Crippen LogP contribution is 2.04. The van der Waals surface area contributed by atoms with Crippen LogP contribution in [0.2, 0.25) is 0 Å². The van der Waals surface area contributed by atoms with Crippen molar-refractivity contribution >= 4 is 11.9 Å². The van der Waals surface area contributed by atoms with Crippen molar-refractivity contribution in [3.8, 4) is 0 Å². The van der Waals surface area contributed by atoms with Crippen molar-refractivity contribution in [2.75, 3.05) is 0 Å². The molecule has 0 aliphatic carbocycles. The zero-order chi connectivity index (χ0) is 19.6. The summed E-state index contributed by atoms with van der Waals surface area (Å²) in [4.78, 5) is 20.7. The minimum Gasteiger partial charge on any atom is -0.481 e. The monoisotopic (exact) mass is 366 g/mol. The number of carboxylic acids is 2. The molecule has 26 heavy (non-hydrogen) atoms. The Bertz CT molecular complexity index is 504. The summed E-state index contributed by atoms with van der Waals surface area (Å²) in [5.41, 5.74) is 0. The molecule has 0 aromatic carbocycles. The van der Waals surface area contributed by atoms with Crippen LogP contribution in [0.5, 0.6) is 0 Å². The maximum absolute atomic E-state index is 10.4. The molecule has 0 saturated heterocycles. The number of aliphatic hydroxyl groups excluding tert-OH is 2. The van der Waals surface area contributed by atoms with Crippen molar-refractivity contribution in [3.05, 3.63) is 48.6 Å². The van der Waals surface area contributed by atoms with Gasteiger partial charge in [0.15, 0.2) is 0 Å². The Morgan fingerprint density at radius 3 is 1.92 bits per heavy atom. The van der Waals surface area contributed by atoms with Crippen molar-refractivity contribution in [1.82, 2.24) is 0 Å². The van der Waals surface area contributed by atoms with E-state index in [2.05, 4.69) is 0 Å². The highest BCUT2D eigenvalue weighted by molar-refractivity contribution is 5.66. The Balaban J connectivity index is 3.80. The van der Waals surface area contributed by atoms with Crippen molar-refractivity contribution in [1.29, 1.82) is 0 Å². The molecule has 0 aromatic heterocycles. The molecule has 6 nitrogen and oxygen atoms in total. The van der Waals surface area contributed by atoms with Gasteiger partial charge in [0.2, 0.25) is 0 Å². The highest BCUT2D eigenvalue weighted by atomic mass is 16.4. The first kappa shape index (κ1) is 23.8. The van der Waals surface area contributed by atoms with Gasteiger partial charge in [0.25, 0.3) is 0 Å². The van der Waals surface area contributed by atoms with E-state index in [1.807, 2.05) is 12.2 Å². The van der Waals surface area contributed by atoms with Crippen LogP contribution in [0.25, 0.3) is 0 Å². The van der Waals surface area contributed by atoms with Crippen molar-refractivity contribution in [3.63, 3.8) is 0 Å². The molecule has 0 radical (unpaired) electrons. The van der Waals surface area contributed by atoms with Gasteiger partial charge in [-0.15, -0.1) is 0 Å². The van der Waals surface area contributed by atoms with E-state index in [0.29, 0.717) is 25.7 Å². The van der Waals surface area contributed by atoms with Gasteiger partial charge in [-0.05, 0) is 38.5 Å². The third kappa shape index (κ3) is 18.2. The van der Waals surface area contributed by atoms with Crippen LogP contribution in [0.4, 0.5) is 0 Å². The van der Waals surface area contributed by atoms with Crippen LogP contribution in [-0.2, 0) is 9.59 Å². The van der Waals surface area contributed by atoms with Crippen LogP contribution in [0.1, 0.15) is 51.4 Å². The summed E-state index contributed by atoms with van der Waals surface area (Å²) in [5, 5.41) is 36.4. The Morgan fingerprint density at radius 1 is 0.731 bits per heavy atom. The Hall–Kier alpha value is -2.18. The van der Waals surface area contributed by atoms with Gasteiger partial charge in [0.1, 0.15) is 0 Å². The van der Waals surface area contributed by atoms with E-state index in [1.165, 1.54) is 0 Å². The summed E-state index contributed by atoms with van der Waals surface area (Å²) in [6, 6.07) is 0. The first-order valence-electron chi connectivity index (χ1n) is 8.88. The lowest BCUT2D eigenvalue weighted by molar-refractivity contribution is -0.138. The van der Waals surface area contributed by atoms with E-state index < -0.39 is 24.1 Å². The van der Waals surface area contributed by atoms with Crippen LogP contribution in [0.3, 0.4) is 0 Å². The molecule has 4 N–H and O–H groups in total. The SMILES string of the molecule is O=C(O)CCCC/C=C/C[C@@H](O)/C=C/C=C/C=C[C@@H](O)CCCC(=O)O. The fraction of sp³-hybridized carbons (Fsp3) is 0.500. The number of unbranched alkanes of at least 4 members (excludes halogenated alkanes) is 2. The second kappa shape index (κ2) is 16.3. The number of aliphatic carboxylic acids is 2. The standard InChI is InChI=1S/C20H30O6/c21-17(11-6-2-1-3-9-15-19(23)24)12-7-4-5-8-13-18(22)14-10-16-20(25)26/h2,4-8,12-13,17-18,21-22H,1,3,9-11,14-16H2,(H,23,24)(H,25,26)/b5-4+,6-2+,12-7+,13-8?/t17-,18-/m1/s1. The number of carbonyl (C=O) groups is 2. The number of aliphatic hydroxyl groups is 2. The topological polar surface area (TPSA) is 115 Å². The predicted octanol–water partition coefficient (Wildman–Crippen LogP) is 3.22. The molecule has 0 fully saturated rings. The summed E-state index contributed by atoms with van der Waals surface area (Å²) in [5.74, 6) is -1.64. The fourth-order valence-electron chi connectivity index (χ4n) is 2.04. The molecular formula is C20H30O6. The van der Waals surface area contributed by atoms with Crippen LogP contribution in [-0.4, -0.2) is 44.6 Å². The molecule has 6 heteroatoms. The number of carboxylic acid groups (broad SMARTS) is 2. The molecule has 0 unspecified atom stereocenters. The highest BCUT2D eigenvalue weighted by Gasteiger charge is 2.01. The third-order valence-electron chi connectivity index (χ3n) is 3.45. The van der Waals surface area contributed by atoms with E-state index in [4.69, 9.17) is 10.2 Å². The molecule has 146 valence electrons. The van der Waals surface area contributed by atoms with Gasteiger partial charge in [0, 0.05) is 12.8 Å². The van der Waals surface area contributed by atoms with E-state index in [-0.39, 0.29) is 12.8 Å². The lowest BCUT2D eigenvalue weighted by Gasteiger charge is -2.02. The van der Waals surface area contributed by atoms with Crippen molar-refractivity contribution in [2.24, 2.45) is 0 Å². The molecule has 0 aromatic rings. The molecule has 0 spiro atoms.